The van der Waals surface area contributed by atoms with Gasteiger partial charge in [-0.1, -0.05) is 0 Å². The normalized spacial score (nSPS) is 22.3. The fourth-order valence-electron chi connectivity index (χ4n) is 3.32. The zero-order chi connectivity index (χ0) is 19.3. The van der Waals surface area contributed by atoms with Gasteiger partial charge in [0, 0.05) is 29.4 Å². The number of hydrogen-bond acceptors (Lipinski definition) is 6. The summed E-state index contributed by atoms with van der Waals surface area (Å²) >= 11 is 0. The maximum Gasteiger partial charge on any atom is 0.573 e. The summed E-state index contributed by atoms with van der Waals surface area (Å²) in [5, 5.41) is 13.4. The van der Waals surface area contributed by atoms with Gasteiger partial charge in [-0.2, -0.15) is 5.10 Å². The van der Waals surface area contributed by atoms with Crippen molar-refractivity contribution >= 4 is 23.1 Å². The van der Waals surface area contributed by atoms with E-state index in [1.807, 2.05) is 6.07 Å². The summed E-state index contributed by atoms with van der Waals surface area (Å²) < 4.78 is 40.5. The minimum Gasteiger partial charge on any atom is -0.406 e. The molecule has 144 valence electrons. The average molecular weight is 388 g/mol. The summed E-state index contributed by atoms with van der Waals surface area (Å²) in [5.74, 6) is 3.75. The maximum atomic E-state index is 12.2. The first-order valence-electron chi connectivity index (χ1n) is 8.72. The van der Waals surface area contributed by atoms with Crippen molar-refractivity contribution in [1.82, 2.24) is 20.2 Å². The van der Waals surface area contributed by atoms with Crippen molar-refractivity contribution in [2.45, 2.75) is 18.7 Å². The summed E-state index contributed by atoms with van der Waals surface area (Å²) in [5.41, 5.74) is 1.71. The van der Waals surface area contributed by atoms with Crippen LogP contribution in [0.1, 0.15) is 18.0 Å². The number of nitrogens with one attached hydrogen (secondary N) is 3. The van der Waals surface area contributed by atoms with Crippen LogP contribution in [-0.4, -0.2) is 26.5 Å². The second-order valence-corrected chi connectivity index (χ2v) is 6.91. The molecule has 1 aromatic carbocycles. The Kier molecular flexibility index (Phi) is 3.68. The van der Waals surface area contributed by atoms with Crippen LogP contribution in [0, 0.1) is 11.8 Å². The van der Waals surface area contributed by atoms with Crippen molar-refractivity contribution in [2.24, 2.45) is 11.8 Å². The summed E-state index contributed by atoms with van der Waals surface area (Å²) in [7, 11) is 0. The molecule has 0 spiro atoms. The molecule has 0 radical (unpaired) electrons. The van der Waals surface area contributed by atoms with Crippen molar-refractivity contribution < 1.29 is 17.9 Å². The number of ether oxygens (including phenoxy) is 1. The monoisotopic (exact) mass is 388 g/mol. The van der Waals surface area contributed by atoms with E-state index in [-0.39, 0.29) is 5.75 Å². The van der Waals surface area contributed by atoms with Gasteiger partial charge in [0.05, 0.1) is 0 Å². The topological polar surface area (TPSA) is 87.8 Å². The van der Waals surface area contributed by atoms with Crippen molar-refractivity contribution in [1.29, 1.82) is 0 Å². The average Bonchev–Trinajstić information content (AvgIpc) is 3.50. The molecular formula is C18H15F3N6O. The Morgan fingerprint density at radius 1 is 0.964 bits per heavy atom. The molecule has 2 unspecified atom stereocenters. The Labute approximate surface area is 157 Å². The lowest BCUT2D eigenvalue weighted by Gasteiger charge is -2.10. The number of aromatic amines is 1. The zero-order valence-electron chi connectivity index (χ0n) is 14.4. The highest BCUT2D eigenvalue weighted by Gasteiger charge is 2.65. The molecule has 2 heterocycles. The molecule has 0 aliphatic heterocycles. The molecule has 0 saturated heterocycles. The SMILES string of the molecule is FC(F)(F)Oc1ccc(Nc2cc(Nc3cc(C4C5CC54)[nH]n3)ncn2)cc1. The number of H-pyrrole nitrogens is 1. The molecule has 0 amide bonds. The number of halogens is 3. The van der Waals surface area contributed by atoms with Crippen LogP contribution in [0.4, 0.5) is 36.3 Å². The third-order valence-corrected chi connectivity index (χ3v) is 4.91. The van der Waals surface area contributed by atoms with Crippen LogP contribution in [0.25, 0.3) is 0 Å². The Bertz CT molecular complexity index is 995. The van der Waals surface area contributed by atoms with Gasteiger partial charge < -0.3 is 15.4 Å². The van der Waals surface area contributed by atoms with Gasteiger partial charge in [0.2, 0.25) is 0 Å². The Balaban J connectivity index is 1.23. The molecule has 2 saturated carbocycles. The molecule has 2 aliphatic carbocycles. The van der Waals surface area contributed by atoms with Crippen LogP contribution in [0.2, 0.25) is 0 Å². The predicted molar refractivity (Wildman–Crippen MR) is 94.6 cm³/mol. The molecular weight excluding hydrogens is 373 g/mol. The number of benzene rings is 1. The van der Waals surface area contributed by atoms with E-state index >= 15 is 0 Å². The molecule has 2 aliphatic rings. The number of alkyl halides is 3. The minimum atomic E-state index is -4.71. The number of hydrogen-bond donors (Lipinski definition) is 3. The predicted octanol–water partition coefficient (Wildman–Crippen LogP) is 4.32. The van der Waals surface area contributed by atoms with Crippen LogP contribution in [-0.2, 0) is 0 Å². The minimum absolute atomic E-state index is 0.286. The number of nitrogens with zero attached hydrogens (tertiary/aromatic N) is 3. The highest BCUT2D eigenvalue weighted by molar-refractivity contribution is 5.62. The molecule has 2 fully saturated rings. The van der Waals surface area contributed by atoms with Gasteiger partial charge in [-0.15, -0.1) is 13.2 Å². The Morgan fingerprint density at radius 3 is 2.32 bits per heavy atom. The Hall–Kier alpha value is -3.30. The molecule has 10 heteroatoms. The largest absolute Gasteiger partial charge is 0.573 e. The van der Waals surface area contributed by atoms with Crippen molar-refractivity contribution in [3.05, 3.63) is 48.4 Å². The fourth-order valence-corrected chi connectivity index (χ4v) is 3.32. The third-order valence-electron chi connectivity index (χ3n) is 4.91. The number of rotatable bonds is 6. The van der Waals surface area contributed by atoms with Gasteiger partial charge in [-0.3, -0.25) is 5.10 Å². The molecule has 2 aromatic heterocycles. The summed E-state index contributed by atoms with van der Waals surface area (Å²) in [6.07, 6.45) is -2.00. The van der Waals surface area contributed by atoms with Crippen LogP contribution in [0.15, 0.2) is 42.7 Å². The number of aromatic nitrogens is 4. The van der Waals surface area contributed by atoms with Crippen LogP contribution >= 0.6 is 0 Å². The van der Waals surface area contributed by atoms with E-state index in [4.69, 9.17) is 0 Å². The first kappa shape index (κ1) is 16.8. The van der Waals surface area contributed by atoms with Crippen LogP contribution in [0.5, 0.6) is 5.75 Å². The van der Waals surface area contributed by atoms with E-state index in [0.29, 0.717) is 29.1 Å². The van der Waals surface area contributed by atoms with E-state index in [0.717, 1.165) is 17.5 Å². The first-order chi connectivity index (χ1) is 13.4. The standard InChI is InChI=1S/C18H15F3N6O/c19-18(20,21)28-10-3-1-9(2-4-10)24-14-7-15(23-8-22-14)25-16-6-13(26-27-16)17-11-5-12(11)17/h1-4,6-8,11-12,17H,5H2,(H3,22,23,24,25,26,27). The van der Waals surface area contributed by atoms with Crippen LogP contribution in [0.3, 0.4) is 0 Å². The summed E-state index contributed by atoms with van der Waals surface area (Å²) in [6.45, 7) is 0. The highest BCUT2D eigenvalue weighted by atomic mass is 19.4. The lowest BCUT2D eigenvalue weighted by atomic mass is 10.1. The second-order valence-electron chi connectivity index (χ2n) is 6.91. The van der Waals surface area contributed by atoms with Gasteiger partial charge in [0.1, 0.15) is 23.7 Å². The quantitative estimate of drug-likeness (QED) is 0.583. The molecule has 5 rings (SSSR count). The van der Waals surface area contributed by atoms with Crippen molar-refractivity contribution in [2.75, 3.05) is 10.6 Å². The lowest BCUT2D eigenvalue weighted by Crippen LogP contribution is -2.16. The third kappa shape index (κ3) is 3.57. The van der Waals surface area contributed by atoms with Gasteiger partial charge in [0.15, 0.2) is 5.82 Å². The van der Waals surface area contributed by atoms with E-state index in [9.17, 15) is 13.2 Å². The molecule has 0 bridgehead atoms. The van der Waals surface area contributed by atoms with Crippen LogP contribution < -0.4 is 15.4 Å². The van der Waals surface area contributed by atoms with E-state index in [1.165, 1.54) is 37.0 Å². The molecule has 28 heavy (non-hydrogen) atoms. The lowest BCUT2D eigenvalue weighted by molar-refractivity contribution is -0.274. The van der Waals surface area contributed by atoms with Crippen molar-refractivity contribution in [3.63, 3.8) is 0 Å². The van der Waals surface area contributed by atoms with Gasteiger partial charge in [0.25, 0.3) is 0 Å². The highest BCUT2D eigenvalue weighted by Crippen LogP contribution is 2.73. The van der Waals surface area contributed by atoms with Crippen molar-refractivity contribution in [3.8, 4) is 5.75 Å². The second kappa shape index (κ2) is 6.11. The maximum absolute atomic E-state index is 12.2. The van der Waals surface area contributed by atoms with Gasteiger partial charge >= 0.3 is 6.36 Å². The number of fused-ring (bicyclic) bond motifs is 1. The summed E-state index contributed by atoms with van der Waals surface area (Å²) in [6, 6.07) is 9.07. The first-order valence-corrected chi connectivity index (χ1v) is 8.72. The Morgan fingerprint density at radius 2 is 1.68 bits per heavy atom. The molecule has 2 atom stereocenters. The van der Waals surface area contributed by atoms with Gasteiger partial charge in [-0.25, -0.2) is 9.97 Å². The van der Waals surface area contributed by atoms with E-state index < -0.39 is 6.36 Å². The zero-order valence-corrected chi connectivity index (χ0v) is 14.4. The van der Waals surface area contributed by atoms with E-state index in [1.54, 1.807) is 6.07 Å². The van der Waals surface area contributed by atoms with Gasteiger partial charge in [-0.05, 0) is 42.5 Å². The van der Waals surface area contributed by atoms with E-state index in [2.05, 4.69) is 35.5 Å². The molecule has 7 nitrogen and oxygen atoms in total. The number of anilines is 4. The fraction of sp³-hybridized carbons (Fsp3) is 0.278. The molecule has 3 N–H and O–H groups in total. The molecule has 3 aromatic rings. The summed E-state index contributed by atoms with van der Waals surface area (Å²) in [4.78, 5) is 8.28. The smallest absolute Gasteiger partial charge is 0.406 e.